The van der Waals surface area contributed by atoms with Crippen LogP contribution in [0, 0.1) is 0 Å². The van der Waals surface area contributed by atoms with Crippen LogP contribution in [-0.2, 0) is 0 Å². The van der Waals surface area contributed by atoms with Crippen molar-refractivity contribution < 1.29 is 19.0 Å². The van der Waals surface area contributed by atoms with Crippen molar-refractivity contribution in [2.75, 3.05) is 13.2 Å². The summed E-state index contributed by atoms with van der Waals surface area (Å²) in [6.07, 6.45) is 6.35. The molecule has 0 spiro atoms. The van der Waals surface area contributed by atoms with Crippen molar-refractivity contribution in [1.82, 2.24) is 0 Å². The fourth-order valence-corrected chi connectivity index (χ4v) is 2.33. The molecular weight excluding hydrogens is 328 g/mol. The lowest BCUT2D eigenvalue weighted by molar-refractivity contribution is 0.0734. The summed E-state index contributed by atoms with van der Waals surface area (Å²) >= 11 is 0. The van der Waals surface area contributed by atoms with Crippen LogP contribution < -0.4 is 14.2 Å². The summed E-state index contributed by atoms with van der Waals surface area (Å²) in [5.74, 6) is 1.54. The Balaban J connectivity index is 1.82. The molecule has 0 amide bonds. The standard InChI is InChI=1S/C22H26O4/c1-3-5-6-7-17-25-20-12-14-21(15-13-20)26-22(23)18-8-10-19(11-9-18)24-16-4-2/h4,8-15H,2-3,5-7,16-17H2,1H3. The van der Waals surface area contributed by atoms with Gasteiger partial charge in [-0.1, -0.05) is 38.8 Å². The average Bonchev–Trinajstić information content (AvgIpc) is 2.68. The van der Waals surface area contributed by atoms with Crippen LogP contribution in [0.1, 0.15) is 43.0 Å². The maximum absolute atomic E-state index is 12.2. The van der Waals surface area contributed by atoms with Crippen LogP contribution in [0.15, 0.2) is 61.2 Å². The number of hydrogen-bond acceptors (Lipinski definition) is 4. The Kier molecular flexibility index (Phi) is 8.27. The number of benzene rings is 2. The summed E-state index contributed by atoms with van der Waals surface area (Å²) in [5.41, 5.74) is 0.465. The van der Waals surface area contributed by atoms with Crippen LogP contribution in [0.5, 0.6) is 17.2 Å². The second-order valence-electron chi connectivity index (χ2n) is 5.89. The lowest BCUT2D eigenvalue weighted by Gasteiger charge is -2.08. The number of carbonyl (C=O) groups is 1. The van der Waals surface area contributed by atoms with E-state index in [1.165, 1.54) is 19.3 Å². The molecule has 0 bridgehead atoms. The van der Waals surface area contributed by atoms with E-state index in [9.17, 15) is 4.79 Å². The van der Waals surface area contributed by atoms with Gasteiger partial charge in [-0.2, -0.15) is 0 Å². The van der Waals surface area contributed by atoms with Crippen molar-refractivity contribution >= 4 is 5.97 Å². The molecular formula is C22H26O4. The molecule has 0 saturated heterocycles. The Morgan fingerprint density at radius 3 is 2.15 bits per heavy atom. The Bertz CT molecular complexity index is 674. The molecule has 0 atom stereocenters. The first kappa shape index (κ1) is 19.6. The van der Waals surface area contributed by atoms with E-state index in [1.54, 1.807) is 42.5 Å². The SMILES string of the molecule is C=CCOc1ccc(C(=O)Oc2ccc(OCCCCCC)cc2)cc1. The zero-order valence-corrected chi connectivity index (χ0v) is 15.3. The predicted molar refractivity (Wildman–Crippen MR) is 103 cm³/mol. The van der Waals surface area contributed by atoms with Crippen molar-refractivity contribution in [2.24, 2.45) is 0 Å². The first-order chi connectivity index (χ1) is 12.7. The summed E-state index contributed by atoms with van der Waals surface area (Å²) in [7, 11) is 0. The topological polar surface area (TPSA) is 44.8 Å². The van der Waals surface area contributed by atoms with Gasteiger partial charge in [-0.3, -0.25) is 0 Å². The molecule has 138 valence electrons. The highest BCUT2D eigenvalue weighted by Crippen LogP contribution is 2.20. The molecule has 0 radical (unpaired) electrons. The fourth-order valence-electron chi connectivity index (χ4n) is 2.33. The minimum absolute atomic E-state index is 0.409. The van der Waals surface area contributed by atoms with Crippen LogP contribution in [0.25, 0.3) is 0 Å². The molecule has 0 heterocycles. The van der Waals surface area contributed by atoms with E-state index >= 15 is 0 Å². The number of hydrogen-bond donors (Lipinski definition) is 0. The number of esters is 1. The van der Waals surface area contributed by atoms with Gasteiger partial charge in [-0.15, -0.1) is 0 Å². The first-order valence-corrected chi connectivity index (χ1v) is 9.01. The zero-order chi connectivity index (χ0) is 18.6. The van der Waals surface area contributed by atoms with Crippen LogP contribution in [0.2, 0.25) is 0 Å². The molecule has 26 heavy (non-hydrogen) atoms. The molecule has 0 aliphatic rings. The highest BCUT2D eigenvalue weighted by atomic mass is 16.5. The monoisotopic (exact) mass is 354 g/mol. The molecule has 2 rings (SSSR count). The van der Waals surface area contributed by atoms with Crippen LogP contribution >= 0.6 is 0 Å². The first-order valence-electron chi connectivity index (χ1n) is 9.01. The van der Waals surface area contributed by atoms with Crippen molar-refractivity contribution in [3.05, 3.63) is 66.7 Å². The third-order valence-electron chi connectivity index (χ3n) is 3.76. The minimum atomic E-state index is -0.409. The number of ether oxygens (including phenoxy) is 3. The van der Waals surface area contributed by atoms with Gasteiger partial charge < -0.3 is 14.2 Å². The lowest BCUT2D eigenvalue weighted by Crippen LogP contribution is -2.08. The Labute approximate surface area is 155 Å². The maximum atomic E-state index is 12.2. The van der Waals surface area contributed by atoms with E-state index in [1.807, 2.05) is 12.1 Å². The van der Waals surface area contributed by atoms with E-state index in [-0.39, 0.29) is 0 Å². The molecule has 0 aromatic heterocycles. The summed E-state index contributed by atoms with van der Waals surface area (Å²) in [6.45, 7) is 6.92. The second kappa shape index (κ2) is 11.0. The third-order valence-corrected chi connectivity index (χ3v) is 3.76. The fraction of sp³-hybridized carbons (Fsp3) is 0.318. The van der Waals surface area contributed by atoms with Gasteiger partial charge in [0.05, 0.1) is 12.2 Å². The quantitative estimate of drug-likeness (QED) is 0.234. The Morgan fingerprint density at radius 2 is 1.50 bits per heavy atom. The predicted octanol–water partition coefficient (Wildman–Crippen LogP) is 5.43. The van der Waals surface area contributed by atoms with E-state index < -0.39 is 5.97 Å². The average molecular weight is 354 g/mol. The van der Waals surface area contributed by atoms with Gasteiger partial charge in [0.25, 0.3) is 0 Å². The van der Waals surface area contributed by atoms with Crippen molar-refractivity contribution in [3.63, 3.8) is 0 Å². The second-order valence-corrected chi connectivity index (χ2v) is 5.89. The molecule has 2 aromatic carbocycles. The Morgan fingerprint density at radius 1 is 0.885 bits per heavy atom. The number of unbranched alkanes of at least 4 members (excludes halogenated alkanes) is 3. The Hall–Kier alpha value is -2.75. The molecule has 0 fully saturated rings. The summed E-state index contributed by atoms with van der Waals surface area (Å²) in [5, 5.41) is 0. The minimum Gasteiger partial charge on any atom is -0.494 e. The molecule has 0 saturated carbocycles. The summed E-state index contributed by atoms with van der Waals surface area (Å²) in [4.78, 5) is 12.2. The van der Waals surface area contributed by atoms with Gasteiger partial charge in [0.1, 0.15) is 23.9 Å². The van der Waals surface area contributed by atoms with Crippen molar-refractivity contribution in [3.8, 4) is 17.2 Å². The highest BCUT2D eigenvalue weighted by Gasteiger charge is 2.09. The van der Waals surface area contributed by atoms with E-state index in [2.05, 4.69) is 13.5 Å². The van der Waals surface area contributed by atoms with Crippen LogP contribution in [0.3, 0.4) is 0 Å². The van der Waals surface area contributed by atoms with Gasteiger partial charge in [0.15, 0.2) is 0 Å². The van der Waals surface area contributed by atoms with Gasteiger partial charge in [-0.05, 0) is 55.0 Å². The van der Waals surface area contributed by atoms with E-state index in [0.717, 1.165) is 12.2 Å². The largest absolute Gasteiger partial charge is 0.494 e. The molecule has 0 N–H and O–H groups in total. The molecule has 0 aliphatic carbocycles. The summed E-state index contributed by atoms with van der Waals surface area (Å²) in [6, 6.07) is 13.9. The third kappa shape index (κ3) is 6.63. The smallest absolute Gasteiger partial charge is 0.343 e. The van der Waals surface area contributed by atoms with Crippen molar-refractivity contribution in [1.29, 1.82) is 0 Å². The van der Waals surface area contributed by atoms with Gasteiger partial charge in [0, 0.05) is 0 Å². The maximum Gasteiger partial charge on any atom is 0.343 e. The van der Waals surface area contributed by atoms with E-state index in [4.69, 9.17) is 14.2 Å². The van der Waals surface area contributed by atoms with Gasteiger partial charge >= 0.3 is 5.97 Å². The lowest BCUT2D eigenvalue weighted by atomic mass is 10.2. The molecule has 2 aromatic rings. The molecule has 0 unspecified atom stereocenters. The van der Waals surface area contributed by atoms with Gasteiger partial charge in [0.2, 0.25) is 0 Å². The molecule has 4 nitrogen and oxygen atoms in total. The summed E-state index contributed by atoms with van der Waals surface area (Å²) < 4.78 is 16.5. The van der Waals surface area contributed by atoms with E-state index in [0.29, 0.717) is 30.3 Å². The number of carbonyl (C=O) groups excluding carboxylic acids is 1. The van der Waals surface area contributed by atoms with Gasteiger partial charge in [-0.25, -0.2) is 4.79 Å². The normalized spacial score (nSPS) is 10.2. The number of rotatable bonds is 11. The van der Waals surface area contributed by atoms with Crippen molar-refractivity contribution in [2.45, 2.75) is 32.6 Å². The molecule has 4 heteroatoms. The highest BCUT2D eigenvalue weighted by molar-refractivity contribution is 5.91. The van der Waals surface area contributed by atoms with Crippen LogP contribution in [-0.4, -0.2) is 19.2 Å². The molecule has 0 aliphatic heterocycles. The zero-order valence-electron chi connectivity index (χ0n) is 15.3. The van der Waals surface area contributed by atoms with Crippen LogP contribution in [0.4, 0.5) is 0 Å².